The molecule has 122 valence electrons. The summed E-state index contributed by atoms with van der Waals surface area (Å²) in [5.41, 5.74) is 1.21. The normalized spacial score (nSPS) is 10.5. The summed E-state index contributed by atoms with van der Waals surface area (Å²) in [6, 6.07) is 12.1. The molecule has 1 amide bonds. The van der Waals surface area contributed by atoms with Crippen LogP contribution in [0.1, 0.15) is 10.4 Å². The highest BCUT2D eigenvalue weighted by molar-refractivity contribution is 7.18. The molecule has 3 aromatic rings. The van der Waals surface area contributed by atoms with E-state index in [9.17, 15) is 4.79 Å². The topological polar surface area (TPSA) is 64.1 Å². The molecular weight excluding hydrogens is 369 g/mol. The van der Waals surface area contributed by atoms with E-state index < -0.39 is 0 Å². The fourth-order valence-electron chi connectivity index (χ4n) is 1.96. The molecule has 24 heavy (non-hydrogen) atoms. The maximum atomic E-state index is 12.3. The maximum absolute atomic E-state index is 12.3. The van der Waals surface area contributed by atoms with Crippen molar-refractivity contribution in [1.82, 2.24) is 10.2 Å². The van der Waals surface area contributed by atoms with Crippen LogP contribution in [-0.2, 0) is 0 Å². The van der Waals surface area contributed by atoms with Gasteiger partial charge in [-0.15, -0.1) is 10.2 Å². The van der Waals surface area contributed by atoms with Gasteiger partial charge in [0, 0.05) is 10.6 Å². The molecule has 1 aromatic heterocycles. The molecule has 0 aliphatic heterocycles. The number of benzene rings is 2. The third-order valence-corrected chi connectivity index (χ3v) is 4.59. The molecule has 2 aromatic carbocycles. The van der Waals surface area contributed by atoms with Gasteiger partial charge >= 0.3 is 0 Å². The number of halogens is 2. The van der Waals surface area contributed by atoms with Gasteiger partial charge in [-0.3, -0.25) is 10.1 Å². The second-order valence-electron chi connectivity index (χ2n) is 4.72. The second-order valence-corrected chi connectivity index (χ2v) is 6.54. The third kappa shape index (κ3) is 3.67. The molecular formula is C16H11Cl2N3O2S. The van der Waals surface area contributed by atoms with E-state index in [1.807, 2.05) is 24.3 Å². The van der Waals surface area contributed by atoms with E-state index in [-0.39, 0.29) is 10.9 Å². The lowest BCUT2D eigenvalue weighted by Gasteiger charge is -2.03. The van der Waals surface area contributed by atoms with E-state index >= 15 is 0 Å². The van der Waals surface area contributed by atoms with Crippen LogP contribution in [0, 0.1) is 0 Å². The zero-order chi connectivity index (χ0) is 17.1. The Labute approximate surface area is 152 Å². The minimum absolute atomic E-state index is 0.278. The number of hydrogen-bond donors (Lipinski definition) is 1. The van der Waals surface area contributed by atoms with E-state index in [4.69, 9.17) is 27.9 Å². The predicted octanol–water partition coefficient (Wildman–Crippen LogP) is 4.77. The Balaban J connectivity index is 1.76. The van der Waals surface area contributed by atoms with Crippen LogP contribution in [0.15, 0.2) is 42.5 Å². The number of anilines is 1. The number of carbonyl (C=O) groups is 1. The Morgan fingerprint density at radius 3 is 2.54 bits per heavy atom. The van der Waals surface area contributed by atoms with Gasteiger partial charge in [-0.05, 0) is 42.5 Å². The fourth-order valence-corrected chi connectivity index (χ4v) is 3.20. The lowest BCUT2D eigenvalue weighted by molar-refractivity contribution is 0.102. The summed E-state index contributed by atoms with van der Waals surface area (Å²) in [5.74, 6) is 0.392. The highest BCUT2D eigenvalue weighted by atomic mass is 35.5. The summed E-state index contributed by atoms with van der Waals surface area (Å²) >= 11 is 13.1. The van der Waals surface area contributed by atoms with Crippen LogP contribution in [0.2, 0.25) is 10.0 Å². The van der Waals surface area contributed by atoms with E-state index in [1.54, 1.807) is 19.2 Å². The van der Waals surface area contributed by atoms with Crippen LogP contribution >= 0.6 is 34.5 Å². The number of nitrogens with zero attached hydrogens (tertiary/aromatic N) is 2. The number of rotatable bonds is 4. The molecule has 3 rings (SSSR count). The number of carbonyl (C=O) groups excluding carboxylic acids is 1. The molecule has 0 fully saturated rings. The van der Waals surface area contributed by atoms with E-state index in [0.717, 1.165) is 11.3 Å². The molecule has 0 spiro atoms. The molecule has 5 nitrogen and oxygen atoms in total. The van der Waals surface area contributed by atoms with Gasteiger partial charge < -0.3 is 4.74 Å². The zero-order valence-electron chi connectivity index (χ0n) is 12.4. The van der Waals surface area contributed by atoms with Crippen LogP contribution in [0.5, 0.6) is 5.75 Å². The van der Waals surface area contributed by atoms with E-state index in [2.05, 4.69) is 15.5 Å². The van der Waals surface area contributed by atoms with Gasteiger partial charge in [0.15, 0.2) is 0 Å². The summed E-state index contributed by atoms with van der Waals surface area (Å²) in [4.78, 5) is 12.3. The lowest BCUT2D eigenvalue weighted by Crippen LogP contribution is -2.12. The first-order chi connectivity index (χ1) is 11.6. The Morgan fingerprint density at radius 2 is 1.88 bits per heavy atom. The molecule has 0 saturated heterocycles. The Kier molecular flexibility index (Phi) is 4.99. The van der Waals surface area contributed by atoms with Crippen LogP contribution in [0.3, 0.4) is 0 Å². The van der Waals surface area contributed by atoms with Gasteiger partial charge in [0.2, 0.25) is 5.13 Å². The van der Waals surface area contributed by atoms with Crippen molar-refractivity contribution >= 4 is 45.6 Å². The fraction of sp³-hybridized carbons (Fsp3) is 0.0625. The van der Waals surface area contributed by atoms with Crippen LogP contribution in [0.4, 0.5) is 5.13 Å². The highest BCUT2D eigenvalue weighted by Gasteiger charge is 2.14. The number of nitrogens with one attached hydrogen (secondary N) is 1. The minimum atomic E-state index is -0.367. The largest absolute Gasteiger partial charge is 0.497 e. The molecule has 0 unspecified atom stereocenters. The highest BCUT2D eigenvalue weighted by Crippen LogP contribution is 2.28. The number of methoxy groups -OCH3 is 1. The number of aromatic nitrogens is 2. The SMILES string of the molecule is COc1ccc(-c2nnc(NC(=O)c3ccc(Cl)cc3Cl)s2)cc1. The molecule has 0 aliphatic rings. The van der Waals surface area contributed by atoms with Crippen molar-refractivity contribution in [2.45, 2.75) is 0 Å². The van der Waals surface area contributed by atoms with Crippen molar-refractivity contribution in [2.75, 3.05) is 12.4 Å². The van der Waals surface area contributed by atoms with Crippen LogP contribution < -0.4 is 10.1 Å². The van der Waals surface area contributed by atoms with Crippen molar-refractivity contribution in [3.63, 3.8) is 0 Å². The predicted molar refractivity (Wildman–Crippen MR) is 96.3 cm³/mol. The van der Waals surface area contributed by atoms with Crippen molar-refractivity contribution in [2.24, 2.45) is 0 Å². The summed E-state index contributed by atoms with van der Waals surface area (Å²) in [5, 5.41) is 12.6. The van der Waals surface area contributed by atoms with Crippen molar-refractivity contribution in [1.29, 1.82) is 0 Å². The Morgan fingerprint density at radius 1 is 1.12 bits per heavy atom. The summed E-state index contributed by atoms with van der Waals surface area (Å²) in [6.07, 6.45) is 0. The molecule has 0 atom stereocenters. The van der Waals surface area contributed by atoms with Crippen molar-refractivity contribution in [3.8, 4) is 16.3 Å². The van der Waals surface area contributed by atoms with Gasteiger partial charge in [-0.1, -0.05) is 34.5 Å². The molecule has 0 radical (unpaired) electrons. The Bertz CT molecular complexity index is 881. The van der Waals surface area contributed by atoms with Gasteiger partial charge in [0.05, 0.1) is 17.7 Å². The van der Waals surface area contributed by atoms with Gasteiger partial charge in [-0.25, -0.2) is 0 Å². The van der Waals surface area contributed by atoms with Gasteiger partial charge in [0.25, 0.3) is 5.91 Å². The van der Waals surface area contributed by atoms with Crippen LogP contribution in [0.25, 0.3) is 10.6 Å². The number of amides is 1. The number of hydrogen-bond acceptors (Lipinski definition) is 5. The van der Waals surface area contributed by atoms with E-state index in [0.29, 0.717) is 20.7 Å². The second kappa shape index (κ2) is 7.17. The van der Waals surface area contributed by atoms with Gasteiger partial charge in [-0.2, -0.15) is 0 Å². The van der Waals surface area contributed by atoms with Gasteiger partial charge in [0.1, 0.15) is 10.8 Å². The number of ether oxygens (including phenoxy) is 1. The first-order valence-electron chi connectivity index (χ1n) is 6.81. The quantitative estimate of drug-likeness (QED) is 0.708. The van der Waals surface area contributed by atoms with E-state index in [1.165, 1.54) is 17.4 Å². The standard InChI is InChI=1S/C16H11Cl2N3O2S/c1-23-11-5-2-9(3-6-11)15-20-21-16(24-15)19-14(22)12-7-4-10(17)8-13(12)18/h2-8H,1H3,(H,19,21,22). The zero-order valence-corrected chi connectivity index (χ0v) is 14.7. The van der Waals surface area contributed by atoms with Crippen LogP contribution in [-0.4, -0.2) is 23.2 Å². The lowest BCUT2D eigenvalue weighted by atomic mass is 10.2. The maximum Gasteiger partial charge on any atom is 0.259 e. The average molecular weight is 380 g/mol. The van der Waals surface area contributed by atoms with Crippen molar-refractivity contribution < 1.29 is 9.53 Å². The first-order valence-corrected chi connectivity index (χ1v) is 8.38. The van der Waals surface area contributed by atoms with Crippen molar-refractivity contribution in [3.05, 3.63) is 58.1 Å². The smallest absolute Gasteiger partial charge is 0.259 e. The Hall–Kier alpha value is -2.15. The summed E-state index contributed by atoms with van der Waals surface area (Å²) in [7, 11) is 1.61. The first kappa shape index (κ1) is 16.7. The molecule has 1 N–H and O–H groups in total. The molecule has 0 saturated carbocycles. The molecule has 1 heterocycles. The summed E-state index contributed by atoms with van der Waals surface area (Å²) < 4.78 is 5.12. The summed E-state index contributed by atoms with van der Waals surface area (Å²) in [6.45, 7) is 0. The average Bonchev–Trinajstić information content (AvgIpc) is 3.03. The minimum Gasteiger partial charge on any atom is -0.497 e. The molecule has 0 bridgehead atoms. The monoisotopic (exact) mass is 379 g/mol. The molecule has 8 heteroatoms. The molecule has 0 aliphatic carbocycles. The third-order valence-electron chi connectivity index (χ3n) is 3.16.